The third kappa shape index (κ3) is 4.09. The Morgan fingerprint density at radius 1 is 1.00 bits per heavy atom. The summed E-state index contributed by atoms with van der Waals surface area (Å²) >= 11 is 0. The maximum Gasteiger partial charge on any atom is 0.344 e. The van der Waals surface area contributed by atoms with Gasteiger partial charge in [0.05, 0.1) is 7.11 Å². The number of carbonyl (C=O) groups is 2. The monoisotopic (exact) mass is 341 g/mol. The van der Waals surface area contributed by atoms with E-state index in [0.29, 0.717) is 18.0 Å². The minimum Gasteiger partial charge on any atom is -0.497 e. The van der Waals surface area contributed by atoms with E-state index in [-0.39, 0.29) is 19.1 Å². The minimum absolute atomic E-state index is 0.234. The van der Waals surface area contributed by atoms with Gasteiger partial charge in [-0.25, -0.2) is 4.79 Å². The number of amides is 1. The van der Waals surface area contributed by atoms with Crippen LogP contribution in [0, 0.1) is 0 Å². The fraction of sp³-hybridized carbons (Fsp3) is 0.263. The number of ether oxygens (including phenoxy) is 3. The molecule has 6 nitrogen and oxygen atoms in total. The van der Waals surface area contributed by atoms with Gasteiger partial charge in [0, 0.05) is 12.2 Å². The van der Waals surface area contributed by atoms with E-state index in [1.54, 1.807) is 36.3 Å². The molecule has 0 aromatic heterocycles. The van der Waals surface area contributed by atoms with E-state index in [1.165, 1.54) is 0 Å². The fourth-order valence-corrected chi connectivity index (χ4v) is 2.67. The van der Waals surface area contributed by atoms with Crippen LogP contribution in [0.4, 0.5) is 5.69 Å². The standard InChI is InChI=1S/C19H19NO5/c1-23-15-6-8-16(9-7-15)24-13-19(22)25-12-18(21)20-11-10-14-4-2-3-5-17(14)20/h2-9H,10-13H2,1H3. The van der Waals surface area contributed by atoms with Crippen LogP contribution in [-0.2, 0) is 20.7 Å². The highest BCUT2D eigenvalue weighted by molar-refractivity contribution is 5.97. The second-order valence-corrected chi connectivity index (χ2v) is 5.55. The molecule has 1 aliphatic rings. The predicted molar refractivity (Wildman–Crippen MR) is 91.9 cm³/mol. The fourth-order valence-electron chi connectivity index (χ4n) is 2.67. The number of methoxy groups -OCH3 is 1. The summed E-state index contributed by atoms with van der Waals surface area (Å²) in [6.07, 6.45) is 0.816. The zero-order valence-electron chi connectivity index (χ0n) is 13.9. The van der Waals surface area contributed by atoms with Gasteiger partial charge in [-0.15, -0.1) is 0 Å². The van der Waals surface area contributed by atoms with Gasteiger partial charge < -0.3 is 19.1 Å². The molecule has 0 N–H and O–H groups in total. The number of nitrogens with zero attached hydrogens (tertiary/aromatic N) is 1. The molecule has 130 valence electrons. The third-order valence-corrected chi connectivity index (χ3v) is 3.96. The van der Waals surface area contributed by atoms with Crippen molar-refractivity contribution in [3.63, 3.8) is 0 Å². The predicted octanol–water partition coefficient (Wildman–Crippen LogP) is 2.21. The topological polar surface area (TPSA) is 65.1 Å². The lowest BCUT2D eigenvalue weighted by Crippen LogP contribution is -2.33. The van der Waals surface area contributed by atoms with Crippen molar-refractivity contribution in [2.45, 2.75) is 6.42 Å². The van der Waals surface area contributed by atoms with Crippen molar-refractivity contribution in [1.29, 1.82) is 0 Å². The van der Waals surface area contributed by atoms with Gasteiger partial charge in [0.2, 0.25) is 0 Å². The van der Waals surface area contributed by atoms with Gasteiger partial charge in [-0.1, -0.05) is 18.2 Å². The summed E-state index contributed by atoms with van der Waals surface area (Å²) in [6.45, 7) is 0.0629. The molecule has 0 saturated carbocycles. The van der Waals surface area contributed by atoms with Crippen molar-refractivity contribution in [1.82, 2.24) is 0 Å². The van der Waals surface area contributed by atoms with Crippen LogP contribution < -0.4 is 14.4 Å². The Labute approximate surface area is 145 Å². The van der Waals surface area contributed by atoms with Crippen molar-refractivity contribution in [3.8, 4) is 11.5 Å². The largest absolute Gasteiger partial charge is 0.497 e. The van der Waals surface area contributed by atoms with Crippen LogP contribution in [-0.4, -0.2) is 38.7 Å². The van der Waals surface area contributed by atoms with Crippen molar-refractivity contribution >= 4 is 17.6 Å². The lowest BCUT2D eigenvalue weighted by Gasteiger charge is -2.17. The molecule has 1 aliphatic heterocycles. The minimum atomic E-state index is -0.586. The molecule has 0 fully saturated rings. The summed E-state index contributed by atoms with van der Waals surface area (Å²) in [5.41, 5.74) is 2.02. The first-order chi connectivity index (χ1) is 12.2. The molecule has 0 unspecified atom stereocenters. The van der Waals surface area contributed by atoms with Crippen LogP contribution >= 0.6 is 0 Å². The lowest BCUT2D eigenvalue weighted by molar-refractivity contribution is -0.149. The molecule has 0 aliphatic carbocycles. The molecule has 6 heteroatoms. The average Bonchev–Trinajstić information content (AvgIpc) is 3.09. The van der Waals surface area contributed by atoms with Gasteiger partial charge in [-0.2, -0.15) is 0 Å². The Morgan fingerprint density at radius 2 is 1.72 bits per heavy atom. The van der Waals surface area contributed by atoms with Crippen LogP contribution in [0.2, 0.25) is 0 Å². The Balaban J connectivity index is 1.45. The maximum absolute atomic E-state index is 12.3. The summed E-state index contributed by atoms with van der Waals surface area (Å²) in [6, 6.07) is 14.6. The lowest BCUT2D eigenvalue weighted by atomic mass is 10.2. The number of hydrogen-bond acceptors (Lipinski definition) is 5. The maximum atomic E-state index is 12.3. The number of esters is 1. The third-order valence-electron chi connectivity index (χ3n) is 3.96. The van der Waals surface area contributed by atoms with Gasteiger partial charge in [0.1, 0.15) is 11.5 Å². The number of fused-ring (bicyclic) bond motifs is 1. The molecule has 1 heterocycles. The Bertz CT molecular complexity index is 757. The van der Waals surface area contributed by atoms with Gasteiger partial charge in [-0.05, 0) is 42.3 Å². The Hall–Kier alpha value is -3.02. The quantitative estimate of drug-likeness (QED) is 0.754. The normalized spacial score (nSPS) is 12.4. The molecule has 25 heavy (non-hydrogen) atoms. The van der Waals surface area contributed by atoms with Crippen molar-refractivity contribution in [2.24, 2.45) is 0 Å². The molecule has 0 atom stereocenters. The van der Waals surface area contributed by atoms with Crippen molar-refractivity contribution in [3.05, 3.63) is 54.1 Å². The van der Waals surface area contributed by atoms with Crippen LogP contribution in [0.3, 0.4) is 0 Å². The first kappa shape index (κ1) is 16.8. The highest BCUT2D eigenvalue weighted by Gasteiger charge is 2.24. The van der Waals surface area contributed by atoms with Crippen LogP contribution in [0.25, 0.3) is 0 Å². The second-order valence-electron chi connectivity index (χ2n) is 5.55. The summed E-state index contributed by atoms with van der Waals surface area (Å²) < 4.78 is 15.4. The molecule has 0 saturated heterocycles. The van der Waals surface area contributed by atoms with Crippen LogP contribution in [0.5, 0.6) is 11.5 Å². The van der Waals surface area contributed by atoms with Crippen LogP contribution in [0.15, 0.2) is 48.5 Å². The van der Waals surface area contributed by atoms with E-state index in [2.05, 4.69) is 0 Å². The smallest absolute Gasteiger partial charge is 0.344 e. The molecule has 3 rings (SSSR count). The number of para-hydroxylation sites is 1. The number of carbonyl (C=O) groups excluding carboxylic acids is 2. The van der Waals surface area contributed by atoms with Crippen LogP contribution in [0.1, 0.15) is 5.56 Å². The highest BCUT2D eigenvalue weighted by Crippen LogP contribution is 2.27. The van der Waals surface area contributed by atoms with E-state index < -0.39 is 5.97 Å². The molecule has 1 amide bonds. The highest BCUT2D eigenvalue weighted by atomic mass is 16.6. The first-order valence-corrected chi connectivity index (χ1v) is 7.98. The summed E-state index contributed by atoms with van der Waals surface area (Å²) in [4.78, 5) is 25.7. The van der Waals surface area contributed by atoms with E-state index in [4.69, 9.17) is 14.2 Å². The van der Waals surface area contributed by atoms with E-state index in [0.717, 1.165) is 17.7 Å². The summed E-state index contributed by atoms with van der Waals surface area (Å²) in [5, 5.41) is 0. The Morgan fingerprint density at radius 3 is 2.48 bits per heavy atom. The number of anilines is 1. The average molecular weight is 341 g/mol. The van der Waals surface area contributed by atoms with E-state index >= 15 is 0 Å². The molecule has 0 spiro atoms. The van der Waals surface area contributed by atoms with Gasteiger partial charge in [0.15, 0.2) is 13.2 Å². The van der Waals surface area contributed by atoms with Gasteiger partial charge in [0.25, 0.3) is 5.91 Å². The van der Waals surface area contributed by atoms with E-state index in [9.17, 15) is 9.59 Å². The molecule has 0 bridgehead atoms. The molecular formula is C19H19NO5. The molecular weight excluding hydrogens is 322 g/mol. The zero-order chi connectivity index (χ0) is 17.6. The van der Waals surface area contributed by atoms with Crippen molar-refractivity contribution < 1.29 is 23.8 Å². The number of benzene rings is 2. The van der Waals surface area contributed by atoms with Gasteiger partial charge >= 0.3 is 5.97 Å². The summed E-state index contributed by atoms with van der Waals surface area (Å²) in [5.74, 6) is 0.406. The van der Waals surface area contributed by atoms with Crippen molar-refractivity contribution in [2.75, 3.05) is 31.8 Å². The molecule has 2 aromatic rings. The number of rotatable bonds is 6. The Kier molecular flexibility index (Phi) is 5.18. The van der Waals surface area contributed by atoms with E-state index in [1.807, 2.05) is 24.3 Å². The second kappa shape index (κ2) is 7.70. The first-order valence-electron chi connectivity index (χ1n) is 7.98. The SMILES string of the molecule is COc1ccc(OCC(=O)OCC(=O)N2CCc3ccccc32)cc1. The zero-order valence-corrected chi connectivity index (χ0v) is 13.9. The molecule has 2 aromatic carbocycles. The molecule has 0 radical (unpaired) electrons. The summed E-state index contributed by atoms with van der Waals surface area (Å²) in [7, 11) is 1.57. The van der Waals surface area contributed by atoms with Gasteiger partial charge in [-0.3, -0.25) is 4.79 Å². The number of hydrogen-bond donors (Lipinski definition) is 0.